The first kappa shape index (κ1) is 28.8. The molecule has 1 atom stereocenters. The van der Waals surface area contributed by atoms with E-state index in [2.05, 4.69) is 36.9 Å². The Morgan fingerprint density at radius 2 is 2.02 bits per heavy atom. The number of aromatic nitrogens is 2. The molecule has 0 aliphatic carbocycles. The molecule has 0 saturated carbocycles. The van der Waals surface area contributed by atoms with Crippen LogP contribution in [0.5, 0.6) is 0 Å². The van der Waals surface area contributed by atoms with Gasteiger partial charge in [0.25, 0.3) is 0 Å². The van der Waals surface area contributed by atoms with Crippen LogP contribution in [-0.2, 0) is 22.9 Å². The van der Waals surface area contributed by atoms with E-state index in [1.165, 1.54) is 5.56 Å². The largest absolute Gasteiger partial charge is 0.421 e. The monoisotopic (exact) mass is 568 g/mol. The number of aryl methyl sites for hydroxylation is 1. The molecule has 1 fully saturated rings. The summed E-state index contributed by atoms with van der Waals surface area (Å²) >= 11 is 0. The highest BCUT2D eigenvalue weighted by Crippen LogP contribution is 2.40. The van der Waals surface area contributed by atoms with Crippen LogP contribution in [-0.4, -0.2) is 52.1 Å². The van der Waals surface area contributed by atoms with Crippen molar-refractivity contribution in [3.8, 4) is 0 Å². The first-order valence-electron chi connectivity index (χ1n) is 13.8. The molecule has 2 aliphatic heterocycles. The van der Waals surface area contributed by atoms with E-state index in [9.17, 15) is 23.1 Å². The number of alkyl halides is 3. The zero-order valence-corrected chi connectivity index (χ0v) is 23.4. The van der Waals surface area contributed by atoms with Gasteiger partial charge in [-0.1, -0.05) is 24.3 Å². The maximum atomic E-state index is 13.9. The van der Waals surface area contributed by atoms with Crippen LogP contribution in [0, 0.1) is 6.92 Å². The standard InChI is InChI=1S/C30H35F3N6O2/c1-18-14-19(21-7-5-11-39(17-21)12-13-40)9-10-23(18)37-28-35-16-22(30(31,32)33)26(38-28)34-15-20-6-4-8-24-25(20)29(2,3)27(41)36-24/h4,6,8-10,14,16,21,40H,5,7,11-13,15,17H2,1-3H3,(H,36,41)(H2,34,35,37,38). The van der Waals surface area contributed by atoms with Crippen molar-refractivity contribution >= 4 is 29.0 Å². The molecule has 3 aromatic rings. The minimum Gasteiger partial charge on any atom is -0.395 e. The molecule has 0 bridgehead atoms. The number of benzene rings is 2. The van der Waals surface area contributed by atoms with Crippen molar-refractivity contribution in [2.75, 3.05) is 42.2 Å². The van der Waals surface area contributed by atoms with Gasteiger partial charge in [-0.05, 0) is 80.5 Å². The van der Waals surface area contributed by atoms with Gasteiger partial charge in [-0.2, -0.15) is 18.2 Å². The lowest BCUT2D eigenvalue weighted by Crippen LogP contribution is -2.36. The number of fused-ring (bicyclic) bond motifs is 1. The Kier molecular flexibility index (Phi) is 7.93. The van der Waals surface area contributed by atoms with Crippen molar-refractivity contribution in [1.82, 2.24) is 14.9 Å². The predicted octanol–water partition coefficient (Wildman–Crippen LogP) is 5.56. The minimum absolute atomic E-state index is 0.0404. The summed E-state index contributed by atoms with van der Waals surface area (Å²) in [5.41, 5.74) is 3.17. The normalized spacial score (nSPS) is 18.6. The van der Waals surface area contributed by atoms with Gasteiger partial charge in [-0.3, -0.25) is 4.79 Å². The SMILES string of the molecule is Cc1cc(C2CCCN(CCO)C2)ccc1Nc1ncc(C(F)(F)F)c(NCc2cccc3c2C(C)(C)C(=O)N3)n1. The zero-order chi connectivity index (χ0) is 29.4. The second-order valence-corrected chi connectivity index (χ2v) is 11.3. The van der Waals surface area contributed by atoms with Crippen LogP contribution < -0.4 is 16.0 Å². The number of carbonyl (C=O) groups is 1. The molecule has 41 heavy (non-hydrogen) atoms. The van der Waals surface area contributed by atoms with Crippen molar-refractivity contribution in [2.45, 2.75) is 57.7 Å². The molecule has 1 saturated heterocycles. The molecule has 1 unspecified atom stereocenters. The number of aliphatic hydroxyl groups is 1. The van der Waals surface area contributed by atoms with Crippen LogP contribution in [0.1, 0.15) is 60.4 Å². The third kappa shape index (κ3) is 6.01. The average molecular weight is 569 g/mol. The lowest BCUT2D eigenvalue weighted by atomic mass is 9.83. The molecule has 218 valence electrons. The smallest absolute Gasteiger partial charge is 0.395 e. The van der Waals surface area contributed by atoms with Gasteiger partial charge in [0.1, 0.15) is 11.4 Å². The molecule has 2 aromatic carbocycles. The van der Waals surface area contributed by atoms with Crippen LogP contribution >= 0.6 is 0 Å². The van der Waals surface area contributed by atoms with Gasteiger partial charge in [0.15, 0.2) is 0 Å². The number of likely N-dealkylation sites (tertiary alicyclic amines) is 1. The van der Waals surface area contributed by atoms with Gasteiger partial charge in [0, 0.05) is 37.2 Å². The third-order valence-corrected chi connectivity index (χ3v) is 8.02. The van der Waals surface area contributed by atoms with Crippen molar-refractivity contribution in [3.05, 3.63) is 70.4 Å². The molecule has 11 heteroatoms. The van der Waals surface area contributed by atoms with E-state index in [4.69, 9.17) is 0 Å². The fraction of sp³-hybridized carbons (Fsp3) is 0.433. The van der Waals surface area contributed by atoms with E-state index in [-0.39, 0.29) is 30.8 Å². The van der Waals surface area contributed by atoms with Crippen molar-refractivity contribution < 1.29 is 23.1 Å². The number of piperidine rings is 1. The van der Waals surface area contributed by atoms with Gasteiger partial charge in [0.05, 0.1) is 12.0 Å². The highest BCUT2D eigenvalue weighted by molar-refractivity contribution is 6.06. The average Bonchev–Trinajstić information content (AvgIpc) is 3.16. The number of amides is 1. The summed E-state index contributed by atoms with van der Waals surface area (Å²) in [4.78, 5) is 22.9. The number of nitrogens with one attached hydrogen (secondary N) is 3. The molecular weight excluding hydrogens is 533 g/mol. The quantitative estimate of drug-likeness (QED) is 0.282. The molecule has 3 heterocycles. The molecule has 4 N–H and O–H groups in total. The van der Waals surface area contributed by atoms with Gasteiger partial charge in [-0.15, -0.1) is 0 Å². The lowest BCUT2D eigenvalue weighted by Gasteiger charge is -2.32. The Labute approximate surface area is 237 Å². The summed E-state index contributed by atoms with van der Waals surface area (Å²) in [6.07, 6.45) is -1.74. The first-order valence-corrected chi connectivity index (χ1v) is 13.8. The van der Waals surface area contributed by atoms with E-state index < -0.39 is 17.2 Å². The molecule has 0 radical (unpaired) electrons. The van der Waals surface area contributed by atoms with Crippen LogP contribution in [0.2, 0.25) is 0 Å². The molecule has 8 nitrogen and oxygen atoms in total. The summed E-state index contributed by atoms with van der Waals surface area (Å²) in [6.45, 7) is 8.24. The van der Waals surface area contributed by atoms with E-state index in [0.717, 1.165) is 43.3 Å². The van der Waals surface area contributed by atoms with Gasteiger partial charge in [0.2, 0.25) is 11.9 Å². The Hall–Kier alpha value is -3.70. The number of nitrogens with zero attached hydrogens (tertiary/aromatic N) is 3. The van der Waals surface area contributed by atoms with E-state index >= 15 is 0 Å². The fourth-order valence-electron chi connectivity index (χ4n) is 5.82. The highest BCUT2D eigenvalue weighted by atomic mass is 19.4. The Bertz CT molecular complexity index is 1440. The van der Waals surface area contributed by atoms with Crippen LogP contribution in [0.15, 0.2) is 42.6 Å². The number of hydrogen-bond donors (Lipinski definition) is 4. The summed E-state index contributed by atoms with van der Waals surface area (Å²) < 4.78 is 41.6. The topological polar surface area (TPSA) is 102 Å². The lowest BCUT2D eigenvalue weighted by molar-refractivity contribution is -0.137. The molecule has 2 aliphatic rings. The maximum Gasteiger partial charge on any atom is 0.421 e. The zero-order valence-electron chi connectivity index (χ0n) is 23.4. The van der Waals surface area contributed by atoms with Gasteiger partial charge >= 0.3 is 6.18 Å². The van der Waals surface area contributed by atoms with Gasteiger partial charge < -0.3 is 26.0 Å². The highest BCUT2D eigenvalue weighted by Gasteiger charge is 2.40. The maximum absolute atomic E-state index is 13.9. The van der Waals surface area contributed by atoms with Gasteiger partial charge in [-0.25, -0.2) is 4.98 Å². The number of hydrogen-bond acceptors (Lipinski definition) is 7. The summed E-state index contributed by atoms with van der Waals surface area (Å²) in [5.74, 6) is -0.102. The Morgan fingerprint density at radius 1 is 1.22 bits per heavy atom. The molecule has 1 amide bonds. The van der Waals surface area contributed by atoms with Crippen molar-refractivity contribution in [1.29, 1.82) is 0 Å². The molecule has 1 aromatic heterocycles. The second kappa shape index (κ2) is 11.3. The number of halogens is 3. The molecule has 5 rings (SSSR count). The fourth-order valence-corrected chi connectivity index (χ4v) is 5.82. The number of aliphatic hydroxyl groups excluding tert-OH is 1. The number of anilines is 4. The minimum atomic E-state index is -4.65. The third-order valence-electron chi connectivity index (χ3n) is 8.02. The first-order chi connectivity index (χ1) is 19.5. The molecule has 0 spiro atoms. The predicted molar refractivity (Wildman–Crippen MR) is 152 cm³/mol. The Balaban J connectivity index is 1.36. The van der Waals surface area contributed by atoms with Crippen LogP contribution in [0.4, 0.5) is 36.3 Å². The number of carbonyl (C=O) groups excluding carboxylic acids is 1. The van der Waals surface area contributed by atoms with E-state index in [0.29, 0.717) is 29.4 Å². The van der Waals surface area contributed by atoms with E-state index in [1.54, 1.807) is 32.0 Å². The summed E-state index contributed by atoms with van der Waals surface area (Å²) in [6, 6.07) is 11.4. The van der Waals surface area contributed by atoms with Crippen LogP contribution in [0.3, 0.4) is 0 Å². The number of rotatable bonds is 8. The summed E-state index contributed by atoms with van der Waals surface area (Å²) in [7, 11) is 0. The van der Waals surface area contributed by atoms with E-state index in [1.807, 2.05) is 19.1 Å². The van der Waals surface area contributed by atoms with Crippen molar-refractivity contribution in [3.63, 3.8) is 0 Å². The summed E-state index contributed by atoms with van der Waals surface area (Å²) in [5, 5.41) is 18.1. The number of β-amino-alcohol motifs (C(OH)–C–C–N with tert-alkyl or cyclic N) is 1. The molecular formula is C30H35F3N6O2. The van der Waals surface area contributed by atoms with Crippen molar-refractivity contribution in [2.24, 2.45) is 0 Å². The second-order valence-electron chi connectivity index (χ2n) is 11.3. The van der Waals surface area contributed by atoms with Crippen LogP contribution in [0.25, 0.3) is 0 Å². The Morgan fingerprint density at radius 3 is 2.76 bits per heavy atom.